The van der Waals surface area contributed by atoms with Crippen LogP contribution >= 0.6 is 0 Å². The Morgan fingerprint density at radius 1 is 1.43 bits per heavy atom. The molecule has 0 amide bonds. The second kappa shape index (κ2) is 6.03. The number of carbonyl (C=O) groups is 2. The lowest BCUT2D eigenvalue weighted by molar-refractivity contribution is -0.384. The predicted molar refractivity (Wildman–Crippen MR) is 80.3 cm³/mol. The van der Waals surface area contributed by atoms with Crippen LogP contribution in [0.2, 0.25) is 0 Å². The zero-order valence-electron chi connectivity index (χ0n) is 12.6. The standard InChI is InChI=1S/C14H15N3O6/c1-3-23-12(18)11-8-14(2,13(19)20)16(15-11)9-4-6-10(7-5-9)17(21)22/h4-7H,3,8H2,1-2H3,(H,19,20). The number of esters is 1. The number of nitro benzene ring substituents is 1. The van der Waals surface area contributed by atoms with Crippen molar-refractivity contribution in [2.75, 3.05) is 11.6 Å². The first kappa shape index (κ1) is 16.4. The quantitative estimate of drug-likeness (QED) is 0.496. The monoisotopic (exact) mass is 321 g/mol. The second-order valence-corrected chi connectivity index (χ2v) is 5.11. The molecular weight excluding hydrogens is 306 g/mol. The molecule has 0 saturated carbocycles. The van der Waals surface area contributed by atoms with Crippen molar-refractivity contribution in [1.29, 1.82) is 0 Å². The number of nitro groups is 1. The van der Waals surface area contributed by atoms with Gasteiger partial charge in [-0.15, -0.1) is 0 Å². The second-order valence-electron chi connectivity index (χ2n) is 5.11. The van der Waals surface area contributed by atoms with Gasteiger partial charge in [-0.2, -0.15) is 5.10 Å². The minimum Gasteiger partial charge on any atom is -0.479 e. The summed E-state index contributed by atoms with van der Waals surface area (Å²) in [5.74, 6) is -1.84. The van der Waals surface area contributed by atoms with Crippen LogP contribution in [0.25, 0.3) is 0 Å². The van der Waals surface area contributed by atoms with E-state index in [1.807, 2.05) is 0 Å². The highest BCUT2D eigenvalue weighted by molar-refractivity contribution is 6.38. The number of hydrogen-bond donors (Lipinski definition) is 1. The smallest absolute Gasteiger partial charge is 0.354 e. The molecule has 0 fully saturated rings. The van der Waals surface area contributed by atoms with E-state index in [0.717, 1.165) is 0 Å². The number of carbonyl (C=O) groups excluding carboxylic acids is 1. The molecule has 0 bridgehead atoms. The maximum atomic E-state index is 11.8. The summed E-state index contributed by atoms with van der Waals surface area (Å²) in [5, 5.41) is 25.4. The van der Waals surface area contributed by atoms with E-state index in [-0.39, 0.29) is 24.4 Å². The van der Waals surface area contributed by atoms with Gasteiger partial charge in [0.2, 0.25) is 0 Å². The number of hydrazone groups is 1. The Morgan fingerprint density at radius 2 is 2.04 bits per heavy atom. The average molecular weight is 321 g/mol. The van der Waals surface area contributed by atoms with Gasteiger partial charge < -0.3 is 9.84 Å². The lowest BCUT2D eigenvalue weighted by Crippen LogP contribution is -2.47. The third-order valence-electron chi connectivity index (χ3n) is 3.48. The van der Waals surface area contributed by atoms with Crippen LogP contribution in [-0.4, -0.2) is 39.8 Å². The Bertz CT molecular complexity index is 684. The fourth-order valence-corrected chi connectivity index (χ4v) is 2.22. The molecule has 0 aromatic heterocycles. The van der Waals surface area contributed by atoms with Crippen LogP contribution in [0.1, 0.15) is 20.3 Å². The fraction of sp³-hybridized carbons (Fsp3) is 0.357. The number of benzene rings is 1. The molecule has 0 radical (unpaired) electrons. The first-order valence-corrected chi connectivity index (χ1v) is 6.82. The molecule has 1 N–H and O–H groups in total. The highest BCUT2D eigenvalue weighted by atomic mass is 16.6. The van der Waals surface area contributed by atoms with E-state index in [1.165, 1.54) is 36.2 Å². The molecule has 1 aromatic carbocycles. The highest BCUT2D eigenvalue weighted by Gasteiger charge is 2.48. The molecule has 1 aliphatic rings. The maximum Gasteiger partial charge on any atom is 0.354 e. The van der Waals surface area contributed by atoms with Crippen molar-refractivity contribution < 1.29 is 24.4 Å². The van der Waals surface area contributed by atoms with E-state index >= 15 is 0 Å². The van der Waals surface area contributed by atoms with E-state index in [0.29, 0.717) is 5.69 Å². The van der Waals surface area contributed by atoms with Crippen LogP contribution < -0.4 is 5.01 Å². The van der Waals surface area contributed by atoms with Crippen LogP contribution in [0.5, 0.6) is 0 Å². The van der Waals surface area contributed by atoms with Gasteiger partial charge in [-0.1, -0.05) is 0 Å². The zero-order valence-corrected chi connectivity index (χ0v) is 12.6. The minimum atomic E-state index is -1.47. The summed E-state index contributed by atoms with van der Waals surface area (Å²) < 4.78 is 4.86. The van der Waals surface area contributed by atoms with Crippen LogP contribution in [-0.2, 0) is 14.3 Å². The van der Waals surface area contributed by atoms with Crippen molar-refractivity contribution in [3.63, 3.8) is 0 Å². The summed E-state index contributed by atoms with van der Waals surface area (Å²) in [7, 11) is 0. The van der Waals surface area contributed by atoms with Crippen molar-refractivity contribution in [3.8, 4) is 0 Å². The number of aliphatic carboxylic acids is 1. The first-order valence-electron chi connectivity index (χ1n) is 6.82. The molecule has 0 saturated heterocycles. The number of hydrogen-bond acceptors (Lipinski definition) is 7. The predicted octanol–water partition coefficient (Wildman–Crippen LogP) is 1.57. The van der Waals surface area contributed by atoms with Crippen molar-refractivity contribution in [3.05, 3.63) is 34.4 Å². The van der Waals surface area contributed by atoms with Gasteiger partial charge >= 0.3 is 11.9 Å². The highest BCUT2D eigenvalue weighted by Crippen LogP contribution is 2.34. The molecule has 1 aliphatic heterocycles. The minimum absolute atomic E-state index is 0.00453. The Morgan fingerprint density at radius 3 is 2.52 bits per heavy atom. The number of carboxylic acid groups (broad SMARTS) is 1. The van der Waals surface area contributed by atoms with Gasteiger partial charge in [0, 0.05) is 18.6 Å². The maximum absolute atomic E-state index is 11.8. The topological polar surface area (TPSA) is 122 Å². The van der Waals surface area contributed by atoms with Gasteiger partial charge in [0.15, 0.2) is 5.54 Å². The Balaban J connectivity index is 2.40. The molecule has 9 heteroatoms. The molecule has 2 rings (SSSR count). The molecule has 0 aliphatic carbocycles. The number of nitrogens with zero attached hydrogens (tertiary/aromatic N) is 3. The van der Waals surface area contributed by atoms with Gasteiger partial charge in [-0.25, -0.2) is 14.6 Å². The van der Waals surface area contributed by atoms with Crippen LogP contribution in [0.15, 0.2) is 29.4 Å². The summed E-state index contributed by atoms with van der Waals surface area (Å²) in [6.07, 6.45) is -0.127. The molecule has 1 aromatic rings. The lowest BCUT2D eigenvalue weighted by atomic mass is 9.95. The molecule has 1 unspecified atom stereocenters. The van der Waals surface area contributed by atoms with Crippen molar-refractivity contribution in [1.82, 2.24) is 0 Å². The van der Waals surface area contributed by atoms with Crippen LogP contribution in [0.4, 0.5) is 11.4 Å². The van der Waals surface area contributed by atoms with E-state index in [1.54, 1.807) is 6.92 Å². The van der Waals surface area contributed by atoms with E-state index in [2.05, 4.69) is 5.10 Å². The normalized spacial score (nSPS) is 20.1. The first-order chi connectivity index (χ1) is 10.8. The molecular formula is C14H15N3O6. The molecule has 9 nitrogen and oxygen atoms in total. The molecule has 0 spiro atoms. The van der Waals surface area contributed by atoms with Gasteiger partial charge in [-0.3, -0.25) is 10.1 Å². The molecule has 1 atom stereocenters. The van der Waals surface area contributed by atoms with E-state index < -0.39 is 22.4 Å². The largest absolute Gasteiger partial charge is 0.479 e. The summed E-state index contributed by atoms with van der Waals surface area (Å²) in [5.41, 5.74) is -1.27. The number of non-ortho nitro benzene ring substituents is 1. The number of rotatable bonds is 5. The van der Waals surface area contributed by atoms with E-state index in [4.69, 9.17) is 4.74 Å². The van der Waals surface area contributed by atoms with Gasteiger partial charge in [0.25, 0.3) is 5.69 Å². The third-order valence-corrected chi connectivity index (χ3v) is 3.48. The van der Waals surface area contributed by atoms with Crippen molar-refractivity contribution >= 4 is 29.0 Å². The number of anilines is 1. The van der Waals surface area contributed by atoms with Gasteiger partial charge in [0.05, 0.1) is 17.2 Å². The average Bonchev–Trinajstić information content (AvgIpc) is 2.87. The Hall–Kier alpha value is -2.97. The molecule has 1 heterocycles. The van der Waals surface area contributed by atoms with Crippen molar-refractivity contribution in [2.24, 2.45) is 5.10 Å². The molecule has 122 valence electrons. The van der Waals surface area contributed by atoms with Gasteiger partial charge in [0.1, 0.15) is 5.71 Å². The summed E-state index contributed by atoms with van der Waals surface area (Å²) in [6, 6.07) is 5.26. The SMILES string of the molecule is CCOC(=O)C1=NN(c2ccc([N+](=O)[O-])cc2)C(C)(C(=O)O)C1. The number of carboxylic acids is 1. The van der Waals surface area contributed by atoms with Crippen LogP contribution in [0.3, 0.4) is 0 Å². The molecule has 23 heavy (non-hydrogen) atoms. The number of ether oxygens (including phenoxy) is 1. The zero-order chi connectivity index (χ0) is 17.2. The Kier molecular flexibility index (Phi) is 4.30. The van der Waals surface area contributed by atoms with E-state index in [9.17, 15) is 24.8 Å². The van der Waals surface area contributed by atoms with Crippen LogP contribution in [0, 0.1) is 10.1 Å². The third kappa shape index (κ3) is 2.98. The summed E-state index contributed by atoms with van der Waals surface area (Å²) in [6.45, 7) is 3.21. The summed E-state index contributed by atoms with van der Waals surface area (Å²) >= 11 is 0. The van der Waals surface area contributed by atoms with Gasteiger partial charge in [-0.05, 0) is 26.0 Å². The summed E-state index contributed by atoms with van der Waals surface area (Å²) in [4.78, 5) is 33.6. The Labute approximate surface area is 131 Å². The lowest BCUT2D eigenvalue weighted by Gasteiger charge is -2.29. The fourth-order valence-electron chi connectivity index (χ4n) is 2.22. The van der Waals surface area contributed by atoms with Crippen molar-refractivity contribution in [2.45, 2.75) is 25.8 Å².